The van der Waals surface area contributed by atoms with Crippen molar-refractivity contribution in [3.05, 3.63) is 48.1 Å². The van der Waals surface area contributed by atoms with E-state index in [1.807, 2.05) is 6.07 Å². The van der Waals surface area contributed by atoms with Crippen LogP contribution in [-0.2, 0) is 15.1 Å². The second-order valence-corrected chi connectivity index (χ2v) is 5.64. The molecule has 4 heteroatoms. The summed E-state index contributed by atoms with van der Waals surface area (Å²) in [5.41, 5.74) is 1.45. The fraction of sp³-hybridized carbons (Fsp3) is 0.389. The Bertz CT molecular complexity index is 647. The van der Waals surface area contributed by atoms with E-state index in [1.165, 1.54) is 6.92 Å². The molecule has 1 aromatic rings. The summed E-state index contributed by atoms with van der Waals surface area (Å²) < 4.78 is 17.1. The lowest BCUT2D eigenvalue weighted by Crippen LogP contribution is -2.36. The maximum atomic E-state index is 11.4. The lowest BCUT2D eigenvalue weighted by Gasteiger charge is -2.43. The second kappa shape index (κ2) is 5.61. The van der Waals surface area contributed by atoms with Crippen molar-refractivity contribution < 1.29 is 19.0 Å². The van der Waals surface area contributed by atoms with Gasteiger partial charge in [0, 0.05) is 31.1 Å². The van der Waals surface area contributed by atoms with Gasteiger partial charge in [0.2, 0.25) is 0 Å². The van der Waals surface area contributed by atoms with Crippen LogP contribution in [0.4, 0.5) is 0 Å². The molecule has 0 amide bonds. The lowest BCUT2D eigenvalue weighted by molar-refractivity contribution is -0.132. The second-order valence-electron chi connectivity index (χ2n) is 5.64. The number of hydrogen-bond acceptors (Lipinski definition) is 4. The first-order valence-electron chi connectivity index (χ1n) is 7.45. The first kappa shape index (κ1) is 14.9. The van der Waals surface area contributed by atoms with E-state index in [-0.39, 0.29) is 11.9 Å². The number of allylic oxidation sites excluding steroid dienone is 1. The van der Waals surface area contributed by atoms with Crippen molar-refractivity contribution in [2.75, 3.05) is 13.7 Å². The van der Waals surface area contributed by atoms with Crippen molar-refractivity contribution in [1.82, 2.24) is 0 Å². The zero-order chi connectivity index (χ0) is 15.7. The third kappa shape index (κ3) is 2.24. The van der Waals surface area contributed by atoms with Crippen LogP contribution in [0.25, 0.3) is 0 Å². The minimum absolute atomic E-state index is 0.266. The van der Waals surface area contributed by atoms with Crippen molar-refractivity contribution in [3.63, 3.8) is 0 Å². The average molecular weight is 300 g/mol. The Morgan fingerprint density at radius 2 is 2.23 bits per heavy atom. The van der Waals surface area contributed by atoms with Gasteiger partial charge in [-0.1, -0.05) is 24.8 Å². The third-order valence-electron chi connectivity index (χ3n) is 4.36. The van der Waals surface area contributed by atoms with Crippen molar-refractivity contribution in [2.24, 2.45) is 0 Å². The van der Waals surface area contributed by atoms with Crippen molar-refractivity contribution in [1.29, 1.82) is 0 Å². The summed E-state index contributed by atoms with van der Waals surface area (Å²) in [6.07, 6.45) is 7.82. The summed E-state index contributed by atoms with van der Waals surface area (Å²) in [5.74, 6) is 1.30. The van der Waals surface area contributed by atoms with Gasteiger partial charge in [0.1, 0.15) is 23.7 Å². The lowest BCUT2D eigenvalue weighted by atomic mass is 9.68. The molecule has 0 radical (unpaired) electrons. The molecule has 116 valence electrons. The normalized spacial score (nSPS) is 24.7. The minimum Gasteiger partial charge on any atom is -0.489 e. The number of benzene rings is 1. The molecule has 4 rings (SSSR count). The highest BCUT2D eigenvalue weighted by Gasteiger charge is 2.45. The number of rotatable bonds is 5. The van der Waals surface area contributed by atoms with Crippen LogP contribution >= 0.6 is 0 Å². The molecule has 0 fully saturated rings. The van der Waals surface area contributed by atoms with Crippen LogP contribution in [0.15, 0.2) is 36.9 Å². The zero-order valence-electron chi connectivity index (χ0n) is 12.9. The van der Waals surface area contributed by atoms with Crippen molar-refractivity contribution >= 4 is 5.97 Å². The molecule has 0 aliphatic heterocycles. The van der Waals surface area contributed by atoms with Gasteiger partial charge in [-0.25, -0.2) is 0 Å². The number of carbonyl (C=O) groups excluding carboxylic acids is 1. The molecule has 0 saturated heterocycles. The summed E-state index contributed by atoms with van der Waals surface area (Å²) in [6.45, 7) is 5.54. The van der Waals surface area contributed by atoms with E-state index >= 15 is 0 Å². The summed E-state index contributed by atoms with van der Waals surface area (Å²) in [6, 6.07) is 3.65. The van der Waals surface area contributed by atoms with Gasteiger partial charge in [0.15, 0.2) is 0 Å². The Hall–Kier alpha value is -2.07. The van der Waals surface area contributed by atoms with Gasteiger partial charge >= 0.3 is 5.97 Å². The first-order chi connectivity index (χ1) is 10.6. The summed E-state index contributed by atoms with van der Waals surface area (Å²) in [4.78, 5) is 11.4. The Morgan fingerprint density at radius 3 is 2.82 bits per heavy atom. The molecule has 22 heavy (non-hydrogen) atoms. The van der Waals surface area contributed by atoms with Gasteiger partial charge in [-0.05, 0) is 25.0 Å². The van der Waals surface area contributed by atoms with E-state index in [0.717, 1.165) is 29.7 Å². The van der Waals surface area contributed by atoms with E-state index < -0.39 is 5.60 Å². The van der Waals surface area contributed by atoms with Crippen LogP contribution in [0.1, 0.15) is 36.8 Å². The molecule has 0 aromatic heterocycles. The highest BCUT2D eigenvalue weighted by molar-refractivity contribution is 5.71. The Balaban J connectivity index is 2.18. The van der Waals surface area contributed by atoms with E-state index in [4.69, 9.17) is 14.2 Å². The maximum absolute atomic E-state index is 11.4. The van der Waals surface area contributed by atoms with Crippen LogP contribution in [0.3, 0.4) is 0 Å². The maximum Gasteiger partial charge on any atom is 0.308 e. The molecule has 3 aliphatic carbocycles. The number of methoxy groups -OCH3 is 1. The SMILES string of the molecule is C=CCOc1ccc(OC(C)=O)c2c1C1C=CC2(OC)CC1. The fourth-order valence-corrected chi connectivity index (χ4v) is 3.44. The van der Waals surface area contributed by atoms with E-state index in [1.54, 1.807) is 19.3 Å². The number of carbonyl (C=O) groups is 1. The number of ether oxygens (including phenoxy) is 3. The summed E-state index contributed by atoms with van der Waals surface area (Å²) >= 11 is 0. The van der Waals surface area contributed by atoms with Gasteiger partial charge in [0.25, 0.3) is 0 Å². The average Bonchev–Trinajstić information content (AvgIpc) is 2.54. The number of esters is 1. The largest absolute Gasteiger partial charge is 0.489 e. The zero-order valence-corrected chi connectivity index (χ0v) is 12.9. The fourth-order valence-electron chi connectivity index (χ4n) is 3.44. The molecule has 1 aromatic carbocycles. The number of hydrogen-bond donors (Lipinski definition) is 0. The van der Waals surface area contributed by atoms with Crippen molar-refractivity contribution in [2.45, 2.75) is 31.3 Å². The van der Waals surface area contributed by atoms with Gasteiger partial charge in [-0.2, -0.15) is 0 Å². The molecule has 0 saturated carbocycles. The molecule has 3 aliphatic rings. The molecule has 4 nitrogen and oxygen atoms in total. The minimum atomic E-state index is -0.539. The van der Waals surface area contributed by atoms with Gasteiger partial charge in [-0.15, -0.1) is 0 Å². The Kier molecular flexibility index (Phi) is 3.79. The van der Waals surface area contributed by atoms with Crippen LogP contribution in [-0.4, -0.2) is 19.7 Å². The molecule has 0 heterocycles. The summed E-state index contributed by atoms with van der Waals surface area (Å²) in [5, 5.41) is 0. The monoisotopic (exact) mass is 300 g/mol. The molecular weight excluding hydrogens is 280 g/mol. The van der Waals surface area contributed by atoms with E-state index in [0.29, 0.717) is 12.4 Å². The highest BCUT2D eigenvalue weighted by Crippen LogP contribution is 2.55. The number of fused-ring (bicyclic) bond motifs is 1. The predicted octanol–water partition coefficient (Wildman–Crippen LogP) is 3.47. The van der Waals surface area contributed by atoms with Crippen LogP contribution in [0.5, 0.6) is 11.5 Å². The standard InChI is InChI=1S/C18H20O4/c1-4-11-21-14-5-6-15(22-12(2)19)17-16(14)13-7-9-18(17,20-3)10-8-13/h4-7,9,13H,1,8,10-11H2,2-3H3. The van der Waals surface area contributed by atoms with Gasteiger partial charge in [0.05, 0.1) is 0 Å². The first-order valence-corrected chi connectivity index (χ1v) is 7.45. The highest BCUT2D eigenvalue weighted by atomic mass is 16.5. The predicted molar refractivity (Wildman–Crippen MR) is 83.2 cm³/mol. The molecule has 2 bridgehead atoms. The Labute approximate surface area is 130 Å². The van der Waals surface area contributed by atoms with Gasteiger partial charge in [-0.3, -0.25) is 4.79 Å². The summed E-state index contributed by atoms with van der Waals surface area (Å²) in [7, 11) is 1.69. The van der Waals surface area contributed by atoms with Crippen LogP contribution in [0, 0.1) is 0 Å². The Morgan fingerprint density at radius 1 is 1.45 bits per heavy atom. The molecule has 2 atom stereocenters. The molecular formula is C18H20O4. The molecule has 2 unspecified atom stereocenters. The van der Waals surface area contributed by atoms with Crippen LogP contribution in [0.2, 0.25) is 0 Å². The van der Waals surface area contributed by atoms with Crippen LogP contribution < -0.4 is 9.47 Å². The molecule has 0 spiro atoms. The quantitative estimate of drug-likeness (QED) is 0.474. The topological polar surface area (TPSA) is 44.8 Å². The van der Waals surface area contributed by atoms with Crippen molar-refractivity contribution in [3.8, 4) is 11.5 Å². The van der Waals surface area contributed by atoms with Gasteiger partial charge < -0.3 is 14.2 Å². The molecule has 0 N–H and O–H groups in total. The van der Waals surface area contributed by atoms with E-state index in [2.05, 4.69) is 18.7 Å². The smallest absolute Gasteiger partial charge is 0.308 e. The van der Waals surface area contributed by atoms with E-state index in [9.17, 15) is 4.79 Å². The third-order valence-corrected chi connectivity index (χ3v) is 4.36.